The summed E-state index contributed by atoms with van der Waals surface area (Å²) in [5.41, 5.74) is 1.52. The van der Waals surface area contributed by atoms with E-state index in [9.17, 15) is 19.1 Å². The number of benzene rings is 3. The van der Waals surface area contributed by atoms with Crippen LogP contribution in [0.1, 0.15) is 17.2 Å². The van der Waals surface area contributed by atoms with Gasteiger partial charge in [0.05, 0.1) is 23.7 Å². The predicted octanol–water partition coefficient (Wildman–Crippen LogP) is 5.60. The van der Waals surface area contributed by atoms with Gasteiger partial charge in [-0.05, 0) is 42.5 Å². The van der Waals surface area contributed by atoms with Gasteiger partial charge in [-0.15, -0.1) is 0 Å². The lowest BCUT2D eigenvalue weighted by Gasteiger charge is -2.25. The molecule has 5 rings (SSSR count). The van der Waals surface area contributed by atoms with E-state index in [1.807, 2.05) is 24.3 Å². The Morgan fingerprint density at radius 3 is 2.65 bits per heavy atom. The van der Waals surface area contributed by atoms with Crippen LogP contribution in [-0.4, -0.2) is 28.9 Å². The molecule has 3 aromatic carbocycles. The number of aromatic amines is 1. The molecule has 6 nitrogen and oxygen atoms in total. The minimum absolute atomic E-state index is 0.142. The molecule has 0 spiro atoms. The van der Waals surface area contributed by atoms with E-state index >= 15 is 0 Å². The number of carbonyl (C=O) groups excluding carboxylic acids is 2. The average Bonchev–Trinajstić information content (AvgIpc) is 3.37. The molecule has 4 aromatic rings. The lowest BCUT2D eigenvalue weighted by atomic mass is 9.94. The topological polar surface area (TPSA) is 82.6 Å². The maximum Gasteiger partial charge on any atom is 0.300 e. The van der Waals surface area contributed by atoms with Gasteiger partial charge in [0.2, 0.25) is 0 Å². The summed E-state index contributed by atoms with van der Waals surface area (Å²) in [6.07, 6.45) is 1.67. The van der Waals surface area contributed by atoms with Crippen LogP contribution >= 0.6 is 11.6 Å². The first-order valence-corrected chi connectivity index (χ1v) is 10.7. The number of aliphatic hydroxyl groups is 1. The van der Waals surface area contributed by atoms with Crippen molar-refractivity contribution in [3.05, 3.63) is 100 Å². The monoisotopic (exact) mass is 476 g/mol. The van der Waals surface area contributed by atoms with Gasteiger partial charge in [0.15, 0.2) is 0 Å². The maximum absolute atomic E-state index is 14.1. The number of ketones is 1. The second-order valence-electron chi connectivity index (χ2n) is 7.78. The van der Waals surface area contributed by atoms with Gasteiger partial charge in [0, 0.05) is 33.9 Å². The van der Waals surface area contributed by atoms with Crippen LogP contribution in [0.3, 0.4) is 0 Å². The number of nitrogens with one attached hydrogen (secondary N) is 1. The fraction of sp³-hybridized carbons (Fsp3) is 0.0769. The zero-order valence-electron chi connectivity index (χ0n) is 17.9. The number of aromatic nitrogens is 1. The Morgan fingerprint density at radius 1 is 1.09 bits per heavy atom. The molecule has 0 saturated carbocycles. The number of anilines is 1. The number of methoxy groups -OCH3 is 1. The van der Waals surface area contributed by atoms with Crippen LogP contribution in [0.15, 0.2) is 78.5 Å². The van der Waals surface area contributed by atoms with E-state index in [0.717, 1.165) is 10.9 Å². The minimum atomic E-state index is -1.03. The van der Waals surface area contributed by atoms with Gasteiger partial charge >= 0.3 is 0 Å². The van der Waals surface area contributed by atoms with Crippen LogP contribution in [0, 0.1) is 5.82 Å². The highest BCUT2D eigenvalue weighted by Gasteiger charge is 2.48. The van der Waals surface area contributed by atoms with Crippen molar-refractivity contribution in [1.82, 2.24) is 4.98 Å². The highest BCUT2D eigenvalue weighted by Crippen LogP contribution is 2.45. The lowest BCUT2D eigenvalue weighted by Crippen LogP contribution is -2.29. The number of aliphatic hydroxyl groups excluding tert-OH is 1. The van der Waals surface area contributed by atoms with Crippen LogP contribution in [0.4, 0.5) is 10.1 Å². The van der Waals surface area contributed by atoms with Crippen molar-refractivity contribution in [3.63, 3.8) is 0 Å². The Labute approximate surface area is 198 Å². The molecule has 1 unspecified atom stereocenters. The summed E-state index contributed by atoms with van der Waals surface area (Å²) in [4.78, 5) is 30.9. The van der Waals surface area contributed by atoms with E-state index in [1.54, 1.807) is 12.3 Å². The third-order valence-electron chi connectivity index (χ3n) is 5.88. The van der Waals surface area contributed by atoms with Gasteiger partial charge in [-0.1, -0.05) is 35.9 Å². The highest BCUT2D eigenvalue weighted by atomic mass is 35.5. The van der Waals surface area contributed by atoms with Gasteiger partial charge in [-0.3, -0.25) is 14.5 Å². The summed E-state index contributed by atoms with van der Waals surface area (Å²) in [6.45, 7) is 0. The number of nitrogens with zero attached hydrogens (tertiary/aromatic N) is 1. The first-order chi connectivity index (χ1) is 16.4. The molecule has 2 heterocycles. The second-order valence-corrected chi connectivity index (χ2v) is 8.19. The number of amides is 1. The van der Waals surface area contributed by atoms with Crippen molar-refractivity contribution in [2.45, 2.75) is 6.04 Å². The number of hydrogen-bond acceptors (Lipinski definition) is 4. The third kappa shape index (κ3) is 3.41. The molecule has 0 bridgehead atoms. The summed E-state index contributed by atoms with van der Waals surface area (Å²) >= 11 is 6.34. The Hall–Kier alpha value is -4.10. The normalized spacial score (nSPS) is 17.5. The Balaban J connectivity index is 1.81. The quantitative estimate of drug-likeness (QED) is 0.228. The van der Waals surface area contributed by atoms with Crippen molar-refractivity contribution >= 4 is 45.6 Å². The molecule has 0 aliphatic carbocycles. The number of carbonyl (C=O) groups is 2. The van der Waals surface area contributed by atoms with Crippen LogP contribution in [0.2, 0.25) is 5.02 Å². The molecule has 1 aromatic heterocycles. The molecule has 170 valence electrons. The van der Waals surface area contributed by atoms with E-state index in [4.69, 9.17) is 16.3 Å². The van der Waals surface area contributed by atoms with E-state index in [2.05, 4.69) is 4.98 Å². The van der Waals surface area contributed by atoms with Crippen molar-refractivity contribution < 1.29 is 23.8 Å². The van der Waals surface area contributed by atoms with E-state index in [0.29, 0.717) is 11.3 Å². The Morgan fingerprint density at radius 2 is 1.88 bits per heavy atom. The second kappa shape index (κ2) is 8.35. The first-order valence-electron chi connectivity index (χ1n) is 10.4. The fourth-order valence-electron chi connectivity index (χ4n) is 4.30. The number of para-hydroxylation sites is 1. The zero-order valence-corrected chi connectivity index (χ0v) is 18.6. The molecule has 34 heavy (non-hydrogen) atoms. The molecular formula is C26H18ClFN2O4. The van der Waals surface area contributed by atoms with Gasteiger partial charge in [-0.2, -0.15) is 0 Å². The first kappa shape index (κ1) is 21.7. The number of halogens is 2. The van der Waals surface area contributed by atoms with E-state index < -0.39 is 29.3 Å². The summed E-state index contributed by atoms with van der Waals surface area (Å²) < 4.78 is 19.3. The number of fused-ring (bicyclic) bond motifs is 1. The number of hydrogen-bond donors (Lipinski definition) is 2. The van der Waals surface area contributed by atoms with Gasteiger partial charge in [0.25, 0.3) is 11.7 Å². The van der Waals surface area contributed by atoms with E-state index in [1.165, 1.54) is 48.4 Å². The van der Waals surface area contributed by atoms with Crippen LogP contribution < -0.4 is 9.64 Å². The lowest BCUT2D eigenvalue weighted by molar-refractivity contribution is -0.132. The summed E-state index contributed by atoms with van der Waals surface area (Å²) in [6, 6.07) is 16.4. The van der Waals surface area contributed by atoms with Gasteiger partial charge < -0.3 is 14.8 Å². The average molecular weight is 477 g/mol. The molecule has 0 radical (unpaired) electrons. The molecule has 2 N–H and O–H groups in total. The Bertz CT molecular complexity index is 1490. The molecule has 1 atom stereocenters. The summed E-state index contributed by atoms with van der Waals surface area (Å²) in [7, 11) is 1.46. The van der Waals surface area contributed by atoms with Crippen LogP contribution in [0.5, 0.6) is 5.75 Å². The Kier molecular flexibility index (Phi) is 5.34. The van der Waals surface area contributed by atoms with Crippen molar-refractivity contribution in [2.24, 2.45) is 0 Å². The van der Waals surface area contributed by atoms with E-state index in [-0.39, 0.29) is 21.8 Å². The van der Waals surface area contributed by atoms with Crippen LogP contribution in [-0.2, 0) is 9.59 Å². The molecule has 8 heteroatoms. The SMILES string of the molecule is COc1ccc(Cl)c(/C(O)=C2\C(=O)C(=O)N(c3cccc(F)c3)C2c2c[nH]c3ccccc23)c1. The van der Waals surface area contributed by atoms with Crippen molar-refractivity contribution in [2.75, 3.05) is 12.0 Å². The highest BCUT2D eigenvalue weighted by molar-refractivity contribution is 6.52. The predicted molar refractivity (Wildman–Crippen MR) is 127 cm³/mol. The van der Waals surface area contributed by atoms with Gasteiger partial charge in [0.1, 0.15) is 17.3 Å². The summed E-state index contributed by atoms with van der Waals surface area (Å²) in [5.74, 6) is -2.39. The van der Waals surface area contributed by atoms with Crippen LogP contribution in [0.25, 0.3) is 16.7 Å². The molecule has 1 aliphatic rings. The third-order valence-corrected chi connectivity index (χ3v) is 6.20. The molecule has 1 aliphatic heterocycles. The molecule has 1 amide bonds. The molecule has 1 saturated heterocycles. The van der Waals surface area contributed by atoms with Crippen molar-refractivity contribution in [3.8, 4) is 5.75 Å². The maximum atomic E-state index is 14.1. The summed E-state index contributed by atoms with van der Waals surface area (Å²) in [5, 5.41) is 12.2. The number of Topliss-reactive ketones (excluding diaryl/α,β-unsaturated/α-hetero) is 1. The number of H-pyrrole nitrogens is 1. The fourth-order valence-corrected chi connectivity index (χ4v) is 4.50. The zero-order chi connectivity index (χ0) is 24.0. The van der Waals surface area contributed by atoms with Crippen molar-refractivity contribution in [1.29, 1.82) is 0 Å². The number of ether oxygens (including phenoxy) is 1. The van der Waals surface area contributed by atoms with Gasteiger partial charge in [-0.25, -0.2) is 4.39 Å². The number of rotatable bonds is 4. The standard InChI is InChI=1S/C26H18ClFN2O4/c1-34-16-9-10-20(27)18(12-16)24(31)22-23(19-13-29-21-8-3-2-7-17(19)21)30(26(33)25(22)32)15-6-4-5-14(28)11-15/h2-13,23,29,31H,1H3/b24-22+. The minimum Gasteiger partial charge on any atom is -0.507 e. The molecular weight excluding hydrogens is 459 g/mol. The smallest absolute Gasteiger partial charge is 0.300 e. The largest absolute Gasteiger partial charge is 0.507 e. The molecule has 1 fully saturated rings.